The molecular weight excluding hydrogens is 375 g/mol. The zero-order valence-corrected chi connectivity index (χ0v) is 15.9. The summed E-state index contributed by atoms with van der Waals surface area (Å²) in [6.07, 6.45) is 0.0774. The van der Waals surface area contributed by atoms with Gasteiger partial charge in [0, 0.05) is 46.9 Å². The minimum absolute atomic E-state index is 0.0774. The van der Waals surface area contributed by atoms with Crippen LogP contribution < -0.4 is 10.2 Å². The molecule has 2 amide bonds. The highest BCUT2D eigenvalue weighted by Crippen LogP contribution is 2.23. The Hall–Kier alpha value is -2.37. The number of ketones is 1. The summed E-state index contributed by atoms with van der Waals surface area (Å²) in [6.45, 7) is 3.05. The molecule has 7 heteroatoms. The van der Waals surface area contributed by atoms with Crippen molar-refractivity contribution in [2.75, 3.05) is 16.8 Å². The van der Waals surface area contributed by atoms with Crippen LogP contribution in [0.5, 0.6) is 0 Å². The van der Waals surface area contributed by atoms with E-state index in [1.165, 1.54) is 18.7 Å². The molecule has 0 heterocycles. The Morgan fingerprint density at radius 2 is 1.65 bits per heavy atom. The molecule has 0 saturated carbocycles. The monoisotopic (exact) mass is 392 g/mol. The molecule has 0 radical (unpaired) electrons. The van der Waals surface area contributed by atoms with Gasteiger partial charge in [0.15, 0.2) is 5.78 Å². The van der Waals surface area contributed by atoms with E-state index in [0.717, 1.165) is 0 Å². The zero-order chi connectivity index (χ0) is 19.3. The Labute approximate surface area is 161 Å². The largest absolute Gasteiger partial charge is 0.326 e. The van der Waals surface area contributed by atoms with E-state index in [1.807, 2.05) is 0 Å². The van der Waals surface area contributed by atoms with E-state index in [9.17, 15) is 14.4 Å². The van der Waals surface area contributed by atoms with Crippen LogP contribution in [0.3, 0.4) is 0 Å². The number of nitrogens with zero attached hydrogens (tertiary/aromatic N) is 1. The van der Waals surface area contributed by atoms with Crippen LogP contribution in [0.4, 0.5) is 11.4 Å². The molecule has 0 aliphatic carbocycles. The number of amides is 2. The van der Waals surface area contributed by atoms with E-state index in [2.05, 4.69) is 5.32 Å². The van der Waals surface area contributed by atoms with Crippen LogP contribution in [0.15, 0.2) is 42.5 Å². The third-order valence-electron chi connectivity index (χ3n) is 3.65. The van der Waals surface area contributed by atoms with Crippen LogP contribution in [-0.4, -0.2) is 24.1 Å². The fourth-order valence-electron chi connectivity index (χ4n) is 2.42. The number of carbonyl (C=O) groups excluding carboxylic acids is 3. The van der Waals surface area contributed by atoms with E-state index in [4.69, 9.17) is 23.2 Å². The predicted octanol–water partition coefficient (Wildman–Crippen LogP) is 4.58. The fraction of sp³-hybridized carbons (Fsp3) is 0.211. The van der Waals surface area contributed by atoms with Crippen LogP contribution in [0.2, 0.25) is 10.0 Å². The summed E-state index contributed by atoms with van der Waals surface area (Å²) in [7, 11) is 0. The normalized spacial score (nSPS) is 10.3. The van der Waals surface area contributed by atoms with Gasteiger partial charge in [0.05, 0.1) is 0 Å². The average molecular weight is 393 g/mol. The van der Waals surface area contributed by atoms with Crippen LogP contribution >= 0.6 is 23.2 Å². The van der Waals surface area contributed by atoms with Crippen molar-refractivity contribution >= 4 is 52.2 Å². The number of halogens is 2. The van der Waals surface area contributed by atoms with Gasteiger partial charge in [-0.15, -0.1) is 0 Å². The Balaban J connectivity index is 2.06. The summed E-state index contributed by atoms with van der Waals surface area (Å²) in [6, 6.07) is 11.5. The minimum atomic E-state index is -0.280. The van der Waals surface area contributed by atoms with Gasteiger partial charge in [0.2, 0.25) is 11.8 Å². The van der Waals surface area contributed by atoms with Crippen molar-refractivity contribution in [3.8, 4) is 0 Å². The lowest BCUT2D eigenvalue weighted by Gasteiger charge is -2.21. The third kappa shape index (κ3) is 5.58. The first-order chi connectivity index (χ1) is 12.3. The maximum absolute atomic E-state index is 12.2. The van der Waals surface area contributed by atoms with E-state index in [0.29, 0.717) is 27.0 Å². The number of nitrogens with one attached hydrogen (secondary N) is 1. The molecule has 0 aliphatic heterocycles. The second kappa shape index (κ2) is 8.83. The third-order valence-corrected chi connectivity index (χ3v) is 4.09. The topological polar surface area (TPSA) is 66.5 Å². The lowest BCUT2D eigenvalue weighted by atomic mass is 10.1. The lowest BCUT2D eigenvalue weighted by molar-refractivity contribution is -0.117. The summed E-state index contributed by atoms with van der Waals surface area (Å²) >= 11 is 11.8. The molecule has 136 valence electrons. The molecule has 0 unspecified atom stereocenters. The van der Waals surface area contributed by atoms with Gasteiger partial charge in [-0.1, -0.05) is 35.3 Å². The Kier molecular flexibility index (Phi) is 6.77. The van der Waals surface area contributed by atoms with Crippen molar-refractivity contribution in [2.45, 2.75) is 20.3 Å². The highest BCUT2D eigenvalue weighted by molar-refractivity contribution is 6.35. The molecule has 0 atom stereocenters. The van der Waals surface area contributed by atoms with E-state index >= 15 is 0 Å². The van der Waals surface area contributed by atoms with Crippen LogP contribution in [0.1, 0.15) is 30.6 Å². The van der Waals surface area contributed by atoms with Gasteiger partial charge in [-0.3, -0.25) is 14.4 Å². The first-order valence-corrected chi connectivity index (χ1v) is 8.67. The van der Waals surface area contributed by atoms with Crippen molar-refractivity contribution in [2.24, 2.45) is 0 Å². The maximum atomic E-state index is 12.2. The SMILES string of the molecule is CC(=O)c1cccc(N(CCC(=O)Nc2cc(Cl)cc(Cl)c2)C(C)=O)c1. The summed E-state index contributed by atoms with van der Waals surface area (Å²) in [4.78, 5) is 37.1. The van der Waals surface area contributed by atoms with Crippen molar-refractivity contribution in [1.29, 1.82) is 0 Å². The van der Waals surface area contributed by atoms with Gasteiger partial charge in [0.25, 0.3) is 0 Å². The van der Waals surface area contributed by atoms with Crippen molar-refractivity contribution in [1.82, 2.24) is 0 Å². The summed E-state index contributed by atoms with van der Waals surface area (Å²) in [5, 5.41) is 3.53. The molecule has 0 bridgehead atoms. The predicted molar refractivity (Wildman–Crippen MR) is 104 cm³/mol. The molecule has 2 aromatic carbocycles. The highest BCUT2D eigenvalue weighted by atomic mass is 35.5. The quantitative estimate of drug-likeness (QED) is 0.731. The molecule has 0 aromatic heterocycles. The zero-order valence-electron chi connectivity index (χ0n) is 14.4. The maximum Gasteiger partial charge on any atom is 0.226 e. The van der Waals surface area contributed by atoms with Crippen LogP contribution in [0, 0.1) is 0 Å². The van der Waals surface area contributed by atoms with Gasteiger partial charge in [-0.25, -0.2) is 0 Å². The number of hydrogen-bond donors (Lipinski definition) is 1. The molecule has 0 aliphatic rings. The molecule has 2 aromatic rings. The molecular formula is C19H18Cl2N2O3. The number of carbonyl (C=O) groups is 3. The Morgan fingerprint density at radius 1 is 1.00 bits per heavy atom. The van der Waals surface area contributed by atoms with E-state index < -0.39 is 0 Å². The number of Topliss-reactive ketones (excluding diaryl/α,β-unsaturated/α-hetero) is 1. The molecule has 0 spiro atoms. The number of hydrogen-bond acceptors (Lipinski definition) is 3. The molecule has 0 saturated heterocycles. The molecule has 26 heavy (non-hydrogen) atoms. The summed E-state index contributed by atoms with van der Waals surface area (Å²) < 4.78 is 0. The Bertz CT molecular complexity index is 832. The van der Waals surface area contributed by atoms with Gasteiger partial charge < -0.3 is 10.2 Å². The first-order valence-electron chi connectivity index (χ1n) is 7.91. The second-order valence-electron chi connectivity index (χ2n) is 5.73. The fourth-order valence-corrected chi connectivity index (χ4v) is 2.95. The van der Waals surface area contributed by atoms with Gasteiger partial charge in [0.1, 0.15) is 0 Å². The number of benzene rings is 2. The molecule has 1 N–H and O–H groups in total. The van der Waals surface area contributed by atoms with Crippen molar-refractivity contribution < 1.29 is 14.4 Å². The summed E-state index contributed by atoms with van der Waals surface area (Å²) in [5.41, 5.74) is 1.57. The van der Waals surface area contributed by atoms with Gasteiger partial charge in [-0.05, 0) is 37.3 Å². The van der Waals surface area contributed by atoms with E-state index in [-0.39, 0.29) is 30.6 Å². The van der Waals surface area contributed by atoms with Gasteiger partial charge >= 0.3 is 0 Å². The minimum Gasteiger partial charge on any atom is -0.326 e. The van der Waals surface area contributed by atoms with Crippen LogP contribution in [0.25, 0.3) is 0 Å². The van der Waals surface area contributed by atoms with E-state index in [1.54, 1.807) is 42.5 Å². The standard InChI is InChI=1S/C19H18Cl2N2O3/c1-12(24)14-4-3-5-18(8-14)23(13(2)25)7-6-19(26)22-17-10-15(20)9-16(21)11-17/h3-5,8-11H,6-7H2,1-2H3,(H,22,26). The van der Waals surface area contributed by atoms with Gasteiger partial charge in [-0.2, -0.15) is 0 Å². The average Bonchev–Trinajstić information content (AvgIpc) is 2.54. The molecule has 0 fully saturated rings. The smallest absolute Gasteiger partial charge is 0.226 e. The molecule has 5 nitrogen and oxygen atoms in total. The number of anilines is 2. The van der Waals surface area contributed by atoms with Crippen LogP contribution in [-0.2, 0) is 9.59 Å². The lowest BCUT2D eigenvalue weighted by Crippen LogP contribution is -2.32. The second-order valence-corrected chi connectivity index (χ2v) is 6.61. The Morgan fingerprint density at radius 3 is 2.23 bits per heavy atom. The van der Waals surface area contributed by atoms with Crippen molar-refractivity contribution in [3.63, 3.8) is 0 Å². The summed E-state index contributed by atoms with van der Waals surface area (Å²) in [5.74, 6) is -0.590. The number of rotatable bonds is 6. The van der Waals surface area contributed by atoms with Crippen molar-refractivity contribution in [3.05, 3.63) is 58.1 Å². The first kappa shape index (κ1) is 19.9. The molecule has 2 rings (SSSR count). The highest BCUT2D eigenvalue weighted by Gasteiger charge is 2.15.